The number of carboxylic acid groups (broad SMARTS) is 1. The Bertz CT molecular complexity index is 479. The van der Waals surface area contributed by atoms with Gasteiger partial charge in [0.25, 0.3) is 0 Å². The molecule has 0 radical (unpaired) electrons. The van der Waals surface area contributed by atoms with Gasteiger partial charge in [-0.15, -0.1) is 0 Å². The SMILES string of the molecule is CC(C)CC(CNC(C)Cc1ccc(F)cc1Br)C(=O)O. The van der Waals surface area contributed by atoms with E-state index >= 15 is 0 Å². The summed E-state index contributed by atoms with van der Waals surface area (Å²) in [5.41, 5.74) is 1.01. The van der Waals surface area contributed by atoms with Gasteiger partial charge >= 0.3 is 5.97 Å². The molecular weight excluding hydrogens is 337 g/mol. The maximum Gasteiger partial charge on any atom is 0.307 e. The van der Waals surface area contributed by atoms with Crippen LogP contribution in [0.2, 0.25) is 0 Å². The molecular formula is C16H23BrFNO2. The van der Waals surface area contributed by atoms with E-state index in [0.717, 1.165) is 16.5 Å². The molecule has 1 rings (SSSR count). The molecule has 0 aliphatic heterocycles. The Morgan fingerprint density at radius 3 is 2.57 bits per heavy atom. The van der Waals surface area contributed by atoms with Crippen LogP contribution in [-0.2, 0) is 11.2 Å². The fraction of sp³-hybridized carbons (Fsp3) is 0.562. The third-order valence-electron chi connectivity index (χ3n) is 3.36. The van der Waals surface area contributed by atoms with E-state index in [1.54, 1.807) is 6.07 Å². The van der Waals surface area contributed by atoms with Gasteiger partial charge < -0.3 is 10.4 Å². The molecule has 0 spiro atoms. The Morgan fingerprint density at radius 2 is 2.05 bits per heavy atom. The Hall–Kier alpha value is -0.940. The van der Waals surface area contributed by atoms with Gasteiger partial charge in [-0.2, -0.15) is 0 Å². The first-order valence-electron chi connectivity index (χ1n) is 7.19. The Balaban J connectivity index is 2.52. The topological polar surface area (TPSA) is 49.3 Å². The number of carbonyl (C=O) groups is 1. The summed E-state index contributed by atoms with van der Waals surface area (Å²) in [5, 5.41) is 12.5. The number of benzene rings is 1. The minimum atomic E-state index is -0.758. The van der Waals surface area contributed by atoms with Crippen molar-refractivity contribution in [3.8, 4) is 0 Å². The van der Waals surface area contributed by atoms with E-state index in [0.29, 0.717) is 18.9 Å². The summed E-state index contributed by atoms with van der Waals surface area (Å²) in [6, 6.07) is 4.76. The average molecular weight is 360 g/mol. The second kappa shape index (κ2) is 8.49. The van der Waals surface area contributed by atoms with Crippen LogP contribution in [0, 0.1) is 17.7 Å². The van der Waals surface area contributed by atoms with Crippen molar-refractivity contribution >= 4 is 21.9 Å². The lowest BCUT2D eigenvalue weighted by molar-refractivity contribution is -0.142. The molecule has 5 heteroatoms. The number of nitrogens with one attached hydrogen (secondary N) is 1. The van der Waals surface area contributed by atoms with Gasteiger partial charge in [-0.1, -0.05) is 35.8 Å². The van der Waals surface area contributed by atoms with Crippen molar-refractivity contribution in [2.24, 2.45) is 11.8 Å². The Kier molecular flexibility index (Phi) is 7.32. The lowest BCUT2D eigenvalue weighted by atomic mass is 9.96. The van der Waals surface area contributed by atoms with Gasteiger partial charge in [0, 0.05) is 17.1 Å². The first kappa shape index (κ1) is 18.1. The van der Waals surface area contributed by atoms with Crippen molar-refractivity contribution in [2.45, 2.75) is 39.7 Å². The summed E-state index contributed by atoms with van der Waals surface area (Å²) in [5.74, 6) is -1.04. The van der Waals surface area contributed by atoms with Crippen molar-refractivity contribution in [3.63, 3.8) is 0 Å². The van der Waals surface area contributed by atoms with Gasteiger partial charge in [-0.3, -0.25) is 4.79 Å². The van der Waals surface area contributed by atoms with Crippen LogP contribution in [0.25, 0.3) is 0 Å². The average Bonchev–Trinajstić information content (AvgIpc) is 2.37. The van der Waals surface area contributed by atoms with Crippen LogP contribution < -0.4 is 5.32 Å². The van der Waals surface area contributed by atoms with Gasteiger partial charge in [-0.25, -0.2) is 4.39 Å². The largest absolute Gasteiger partial charge is 0.481 e. The molecule has 2 N–H and O–H groups in total. The highest BCUT2D eigenvalue weighted by Crippen LogP contribution is 2.19. The maximum absolute atomic E-state index is 13.0. The quantitative estimate of drug-likeness (QED) is 0.740. The van der Waals surface area contributed by atoms with Crippen molar-refractivity contribution in [3.05, 3.63) is 34.1 Å². The number of halogens is 2. The van der Waals surface area contributed by atoms with E-state index in [-0.39, 0.29) is 17.8 Å². The molecule has 1 aromatic carbocycles. The van der Waals surface area contributed by atoms with Gasteiger partial charge in [-0.05, 0) is 43.4 Å². The molecule has 21 heavy (non-hydrogen) atoms. The number of aliphatic carboxylic acids is 1. The molecule has 2 unspecified atom stereocenters. The molecule has 0 aliphatic carbocycles. The first-order valence-corrected chi connectivity index (χ1v) is 7.99. The molecule has 3 nitrogen and oxygen atoms in total. The highest BCUT2D eigenvalue weighted by atomic mass is 79.9. The van der Waals surface area contributed by atoms with Crippen LogP contribution in [0.5, 0.6) is 0 Å². The van der Waals surface area contributed by atoms with E-state index in [9.17, 15) is 14.3 Å². The number of hydrogen-bond donors (Lipinski definition) is 2. The normalized spacial score (nSPS) is 14.2. The lowest BCUT2D eigenvalue weighted by Gasteiger charge is -2.19. The molecule has 0 aromatic heterocycles. The summed E-state index contributed by atoms with van der Waals surface area (Å²) >= 11 is 3.35. The van der Waals surface area contributed by atoms with E-state index in [4.69, 9.17) is 0 Å². The van der Waals surface area contributed by atoms with Crippen LogP contribution in [-0.4, -0.2) is 23.7 Å². The van der Waals surface area contributed by atoms with Gasteiger partial charge in [0.15, 0.2) is 0 Å². The van der Waals surface area contributed by atoms with E-state index in [2.05, 4.69) is 21.2 Å². The second-order valence-electron chi connectivity index (χ2n) is 5.91. The summed E-state index contributed by atoms with van der Waals surface area (Å²) < 4.78 is 13.8. The van der Waals surface area contributed by atoms with E-state index < -0.39 is 5.97 Å². The molecule has 0 fully saturated rings. The zero-order valence-electron chi connectivity index (χ0n) is 12.7. The van der Waals surface area contributed by atoms with Gasteiger partial charge in [0.2, 0.25) is 0 Å². The first-order chi connectivity index (χ1) is 9.79. The Morgan fingerprint density at radius 1 is 1.38 bits per heavy atom. The second-order valence-corrected chi connectivity index (χ2v) is 6.77. The van der Waals surface area contributed by atoms with Crippen LogP contribution in [0.3, 0.4) is 0 Å². The number of carboxylic acids is 1. The molecule has 0 saturated heterocycles. The van der Waals surface area contributed by atoms with E-state index in [1.165, 1.54) is 12.1 Å². The molecule has 0 amide bonds. The molecule has 1 aromatic rings. The minimum absolute atomic E-state index is 0.126. The van der Waals surface area contributed by atoms with Crippen molar-refractivity contribution in [1.29, 1.82) is 0 Å². The Labute approximate surface area is 134 Å². The molecule has 2 atom stereocenters. The van der Waals surface area contributed by atoms with Crippen molar-refractivity contribution < 1.29 is 14.3 Å². The number of hydrogen-bond acceptors (Lipinski definition) is 2. The molecule has 0 saturated carbocycles. The fourth-order valence-electron chi connectivity index (χ4n) is 2.27. The summed E-state index contributed by atoms with van der Waals surface area (Å²) in [4.78, 5) is 11.2. The van der Waals surface area contributed by atoms with E-state index in [1.807, 2.05) is 20.8 Å². The van der Waals surface area contributed by atoms with Crippen LogP contribution in [0.1, 0.15) is 32.8 Å². The highest BCUT2D eigenvalue weighted by molar-refractivity contribution is 9.10. The zero-order valence-corrected chi connectivity index (χ0v) is 14.3. The third-order valence-corrected chi connectivity index (χ3v) is 4.10. The lowest BCUT2D eigenvalue weighted by Crippen LogP contribution is -2.36. The monoisotopic (exact) mass is 359 g/mol. The van der Waals surface area contributed by atoms with Crippen LogP contribution >= 0.6 is 15.9 Å². The third kappa shape index (κ3) is 6.57. The predicted octanol–water partition coefficient (Wildman–Crippen LogP) is 3.86. The summed E-state index contributed by atoms with van der Waals surface area (Å²) in [7, 11) is 0. The standard InChI is InChI=1S/C16H23BrFNO2/c1-10(2)6-13(16(20)21)9-19-11(3)7-12-4-5-14(18)8-15(12)17/h4-5,8,10-11,13,19H,6-7,9H2,1-3H3,(H,20,21). The molecule has 0 aliphatic rings. The maximum atomic E-state index is 13.0. The van der Waals surface area contributed by atoms with Gasteiger partial charge in [0.05, 0.1) is 5.92 Å². The highest BCUT2D eigenvalue weighted by Gasteiger charge is 2.19. The predicted molar refractivity (Wildman–Crippen MR) is 85.8 cm³/mol. The van der Waals surface area contributed by atoms with Crippen LogP contribution in [0.4, 0.5) is 4.39 Å². The molecule has 118 valence electrons. The summed E-state index contributed by atoms with van der Waals surface area (Å²) in [6.07, 6.45) is 1.38. The van der Waals surface area contributed by atoms with Crippen molar-refractivity contribution in [1.82, 2.24) is 5.32 Å². The number of rotatable bonds is 8. The minimum Gasteiger partial charge on any atom is -0.481 e. The van der Waals surface area contributed by atoms with Gasteiger partial charge in [0.1, 0.15) is 5.82 Å². The zero-order chi connectivity index (χ0) is 16.0. The fourth-order valence-corrected chi connectivity index (χ4v) is 2.79. The smallest absolute Gasteiger partial charge is 0.307 e. The van der Waals surface area contributed by atoms with Crippen LogP contribution in [0.15, 0.2) is 22.7 Å². The summed E-state index contributed by atoms with van der Waals surface area (Å²) in [6.45, 7) is 6.50. The van der Waals surface area contributed by atoms with Crippen molar-refractivity contribution in [2.75, 3.05) is 6.54 Å². The molecule has 0 heterocycles. The molecule has 0 bridgehead atoms.